The van der Waals surface area contributed by atoms with Gasteiger partial charge in [0.1, 0.15) is 11.6 Å². The molecule has 0 spiro atoms. The summed E-state index contributed by atoms with van der Waals surface area (Å²) in [5, 5.41) is 24.3. The fraction of sp³-hybridized carbons (Fsp3) is 0.462. The standard InChI is InChI=1S/C13H16N6O/c1-3-9-10(7-14)13(19-18-11(9)4-2)15-6-5-12-16-8-17-20-12/h8H,3-6H2,1-2H3,(H,15,19). The molecular formula is C13H16N6O. The Hall–Kier alpha value is -2.49. The van der Waals surface area contributed by atoms with Crippen LogP contribution in [0.2, 0.25) is 0 Å². The van der Waals surface area contributed by atoms with Gasteiger partial charge in [-0.15, -0.1) is 5.10 Å². The first kappa shape index (κ1) is 13.9. The lowest BCUT2D eigenvalue weighted by Gasteiger charge is -2.11. The lowest BCUT2D eigenvalue weighted by atomic mass is 10.0. The van der Waals surface area contributed by atoms with Crippen LogP contribution in [0.4, 0.5) is 5.82 Å². The second-order valence-electron chi connectivity index (χ2n) is 4.18. The molecule has 0 aromatic carbocycles. The molecule has 0 fully saturated rings. The number of rotatable bonds is 6. The van der Waals surface area contributed by atoms with Crippen molar-refractivity contribution in [3.8, 4) is 6.07 Å². The average Bonchev–Trinajstić information content (AvgIpc) is 2.99. The highest BCUT2D eigenvalue weighted by Gasteiger charge is 2.14. The van der Waals surface area contributed by atoms with E-state index in [0.29, 0.717) is 30.2 Å². The Bertz CT molecular complexity index is 602. The second-order valence-corrected chi connectivity index (χ2v) is 4.18. The zero-order valence-electron chi connectivity index (χ0n) is 11.6. The van der Waals surface area contributed by atoms with Gasteiger partial charge in [-0.25, -0.2) is 0 Å². The van der Waals surface area contributed by atoms with E-state index in [0.717, 1.165) is 24.1 Å². The molecule has 2 aromatic heterocycles. The van der Waals surface area contributed by atoms with Crippen molar-refractivity contribution in [2.45, 2.75) is 33.1 Å². The number of nitrogens with zero attached hydrogens (tertiary/aromatic N) is 5. The van der Waals surface area contributed by atoms with Crippen LogP contribution in [0.15, 0.2) is 10.9 Å². The fourth-order valence-corrected chi connectivity index (χ4v) is 2.01. The third-order valence-corrected chi connectivity index (χ3v) is 3.00. The number of nitriles is 1. The Labute approximate surface area is 117 Å². The predicted molar refractivity (Wildman–Crippen MR) is 72.0 cm³/mol. The van der Waals surface area contributed by atoms with E-state index in [1.165, 1.54) is 6.33 Å². The fourth-order valence-electron chi connectivity index (χ4n) is 2.01. The van der Waals surface area contributed by atoms with Crippen LogP contribution in [0.5, 0.6) is 0 Å². The van der Waals surface area contributed by atoms with Gasteiger partial charge in [-0.1, -0.05) is 19.0 Å². The van der Waals surface area contributed by atoms with Gasteiger partial charge < -0.3 is 9.84 Å². The summed E-state index contributed by atoms with van der Waals surface area (Å²) in [7, 11) is 0. The Morgan fingerprint density at radius 2 is 2.15 bits per heavy atom. The van der Waals surface area contributed by atoms with Gasteiger partial charge in [0, 0.05) is 13.0 Å². The Kier molecular flexibility index (Phi) is 4.60. The minimum Gasteiger partial charge on any atom is -0.367 e. The van der Waals surface area contributed by atoms with E-state index in [2.05, 4.69) is 31.7 Å². The van der Waals surface area contributed by atoms with Crippen molar-refractivity contribution in [1.29, 1.82) is 5.26 Å². The third kappa shape index (κ3) is 2.91. The Morgan fingerprint density at radius 3 is 2.75 bits per heavy atom. The lowest BCUT2D eigenvalue weighted by Crippen LogP contribution is -2.12. The summed E-state index contributed by atoms with van der Waals surface area (Å²) >= 11 is 0. The highest BCUT2D eigenvalue weighted by atomic mass is 16.5. The SMILES string of the molecule is CCc1nnc(NCCc2ncno2)c(C#N)c1CC. The van der Waals surface area contributed by atoms with Gasteiger partial charge in [-0.3, -0.25) is 0 Å². The number of hydrogen-bond donors (Lipinski definition) is 1. The molecule has 104 valence electrons. The van der Waals surface area contributed by atoms with Crippen LogP contribution in [0, 0.1) is 11.3 Å². The molecule has 0 aliphatic carbocycles. The van der Waals surface area contributed by atoms with Crippen molar-refractivity contribution in [3.63, 3.8) is 0 Å². The molecule has 2 rings (SSSR count). The number of anilines is 1. The lowest BCUT2D eigenvalue weighted by molar-refractivity contribution is 0.379. The molecule has 0 aliphatic heterocycles. The molecule has 2 aromatic rings. The molecule has 7 nitrogen and oxygen atoms in total. The van der Waals surface area contributed by atoms with Crippen molar-refractivity contribution in [2.24, 2.45) is 0 Å². The number of nitrogens with one attached hydrogen (secondary N) is 1. The highest BCUT2D eigenvalue weighted by molar-refractivity contribution is 5.56. The third-order valence-electron chi connectivity index (χ3n) is 3.00. The smallest absolute Gasteiger partial charge is 0.228 e. The summed E-state index contributed by atoms with van der Waals surface area (Å²) in [6.07, 6.45) is 3.47. The van der Waals surface area contributed by atoms with Gasteiger partial charge in [0.15, 0.2) is 12.1 Å². The average molecular weight is 272 g/mol. The van der Waals surface area contributed by atoms with Gasteiger partial charge in [0.25, 0.3) is 0 Å². The van der Waals surface area contributed by atoms with Crippen molar-refractivity contribution >= 4 is 5.82 Å². The largest absolute Gasteiger partial charge is 0.367 e. The Balaban J connectivity index is 2.13. The topological polar surface area (TPSA) is 101 Å². The van der Waals surface area contributed by atoms with Gasteiger partial charge in [0.2, 0.25) is 5.89 Å². The highest BCUT2D eigenvalue weighted by Crippen LogP contribution is 2.19. The number of aryl methyl sites for hydroxylation is 1. The van der Waals surface area contributed by atoms with E-state index >= 15 is 0 Å². The molecule has 0 radical (unpaired) electrons. The molecule has 0 saturated carbocycles. The summed E-state index contributed by atoms with van der Waals surface area (Å²) in [6.45, 7) is 4.58. The maximum absolute atomic E-state index is 9.34. The van der Waals surface area contributed by atoms with E-state index in [1.807, 2.05) is 13.8 Å². The Morgan fingerprint density at radius 1 is 1.30 bits per heavy atom. The molecule has 7 heteroatoms. The van der Waals surface area contributed by atoms with Crippen LogP contribution in [0.3, 0.4) is 0 Å². The van der Waals surface area contributed by atoms with Crippen molar-refractivity contribution in [1.82, 2.24) is 20.3 Å². The minimum absolute atomic E-state index is 0.515. The van der Waals surface area contributed by atoms with Gasteiger partial charge in [-0.05, 0) is 18.4 Å². The summed E-state index contributed by atoms with van der Waals surface area (Å²) in [4.78, 5) is 3.93. The van der Waals surface area contributed by atoms with Crippen LogP contribution < -0.4 is 5.32 Å². The zero-order chi connectivity index (χ0) is 14.4. The molecule has 2 heterocycles. The van der Waals surface area contributed by atoms with Crippen LogP contribution in [0.25, 0.3) is 0 Å². The first-order valence-corrected chi connectivity index (χ1v) is 6.58. The summed E-state index contributed by atoms with van der Waals surface area (Å²) in [5.41, 5.74) is 2.42. The van der Waals surface area contributed by atoms with Crippen molar-refractivity contribution < 1.29 is 4.52 Å². The zero-order valence-corrected chi connectivity index (χ0v) is 11.6. The second kappa shape index (κ2) is 6.61. The minimum atomic E-state index is 0.515. The molecule has 0 saturated heterocycles. The predicted octanol–water partition coefficient (Wildman–Crippen LogP) is 1.51. The van der Waals surface area contributed by atoms with Crippen LogP contribution in [0.1, 0.15) is 36.6 Å². The van der Waals surface area contributed by atoms with Gasteiger partial charge >= 0.3 is 0 Å². The molecule has 0 unspecified atom stereocenters. The monoisotopic (exact) mass is 272 g/mol. The van der Waals surface area contributed by atoms with E-state index in [-0.39, 0.29) is 0 Å². The maximum Gasteiger partial charge on any atom is 0.228 e. The van der Waals surface area contributed by atoms with Crippen LogP contribution in [-0.4, -0.2) is 26.9 Å². The molecule has 0 amide bonds. The molecule has 20 heavy (non-hydrogen) atoms. The maximum atomic E-state index is 9.34. The quantitative estimate of drug-likeness (QED) is 0.850. The molecule has 0 bridgehead atoms. The van der Waals surface area contributed by atoms with Gasteiger partial charge in [0.05, 0.1) is 5.69 Å². The van der Waals surface area contributed by atoms with Crippen molar-refractivity contribution in [2.75, 3.05) is 11.9 Å². The first-order valence-electron chi connectivity index (χ1n) is 6.58. The van der Waals surface area contributed by atoms with E-state index in [4.69, 9.17) is 4.52 Å². The molecule has 0 atom stereocenters. The summed E-state index contributed by atoms with van der Waals surface area (Å²) in [6, 6.07) is 2.22. The van der Waals surface area contributed by atoms with Crippen LogP contribution >= 0.6 is 0 Å². The van der Waals surface area contributed by atoms with Crippen LogP contribution in [-0.2, 0) is 19.3 Å². The van der Waals surface area contributed by atoms with Gasteiger partial charge in [-0.2, -0.15) is 15.3 Å². The summed E-state index contributed by atoms with van der Waals surface area (Å²) in [5.74, 6) is 1.06. The molecule has 1 N–H and O–H groups in total. The first-order chi connectivity index (χ1) is 9.80. The van der Waals surface area contributed by atoms with E-state index < -0.39 is 0 Å². The van der Waals surface area contributed by atoms with E-state index in [9.17, 15) is 5.26 Å². The van der Waals surface area contributed by atoms with E-state index in [1.54, 1.807) is 0 Å². The summed E-state index contributed by atoms with van der Waals surface area (Å²) < 4.78 is 4.91. The molecular weight excluding hydrogens is 256 g/mol. The normalized spacial score (nSPS) is 10.2. The number of aromatic nitrogens is 4. The number of hydrogen-bond acceptors (Lipinski definition) is 7. The van der Waals surface area contributed by atoms with Crippen molar-refractivity contribution in [3.05, 3.63) is 29.0 Å². The molecule has 0 aliphatic rings.